The van der Waals surface area contributed by atoms with E-state index in [0.717, 1.165) is 28.0 Å². The van der Waals surface area contributed by atoms with Crippen LogP contribution < -0.4 is 31.9 Å². The van der Waals surface area contributed by atoms with Gasteiger partial charge in [-0.1, -0.05) is 215 Å². The maximum atomic E-state index is 13.5. The first kappa shape index (κ1) is 108. The zero-order valence-electron chi connectivity index (χ0n) is 72.4. The van der Waals surface area contributed by atoms with Crippen LogP contribution in [0.2, 0.25) is 0 Å². The van der Waals surface area contributed by atoms with Crippen molar-refractivity contribution < 1.29 is 86.1 Å². The van der Waals surface area contributed by atoms with E-state index in [1.165, 1.54) is 0 Å². The predicted molar refractivity (Wildman–Crippen MR) is 465 cm³/mol. The molecule has 0 aliphatic carbocycles. The summed E-state index contributed by atoms with van der Waals surface area (Å²) >= 11 is 6.43. The van der Waals surface area contributed by atoms with Crippen molar-refractivity contribution >= 4 is 128 Å². The lowest BCUT2D eigenvalue weighted by atomic mass is 9.87. The number of ether oxygens (including phenoxy) is 3. The molecule has 0 fully saturated rings. The van der Waals surface area contributed by atoms with Crippen molar-refractivity contribution in [2.45, 2.75) is 290 Å². The molecule has 0 radical (unpaired) electrons. The van der Waals surface area contributed by atoms with E-state index in [0.29, 0.717) is 57.7 Å². The number of hydrogen-bond acceptors (Lipinski definition) is 19. The van der Waals surface area contributed by atoms with Crippen LogP contribution in [0.25, 0.3) is 0 Å². The molecular weight excluding hydrogens is 1630 g/mol. The number of ketones is 4. The van der Waals surface area contributed by atoms with Gasteiger partial charge in [-0.25, -0.2) is 4.79 Å². The zero-order chi connectivity index (χ0) is 88.4. The van der Waals surface area contributed by atoms with E-state index in [1.54, 1.807) is 27.7 Å². The highest BCUT2D eigenvalue weighted by molar-refractivity contribution is 14.2. The van der Waals surface area contributed by atoms with Gasteiger partial charge in [-0.05, 0) is 170 Å². The average Bonchev–Trinajstić information content (AvgIpc) is 0.867. The van der Waals surface area contributed by atoms with Crippen molar-refractivity contribution in [3.8, 4) is 0 Å². The molecular formula is C89H136IN6O18PS. The minimum absolute atomic E-state index is 0.00633. The lowest BCUT2D eigenvalue weighted by Gasteiger charge is -2.26. The topological polar surface area (TPSA) is 356 Å². The molecule has 3 rings (SSSR count). The van der Waals surface area contributed by atoms with Crippen LogP contribution in [0.5, 0.6) is 0 Å². The van der Waals surface area contributed by atoms with Crippen LogP contribution in [0.3, 0.4) is 0 Å². The fourth-order valence-electron chi connectivity index (χ4n) is 12.5. The first-order chi connectivity index (χ1) is 54.4. The summed E-state index contributed by atoms with van der Waals surface area (Å²) in [6, 6.07) is 23.1. The maximum absolute atomic E-state index is 13.5. The average molecular weight is 1770 g/mol. The SMILES string of the molecule is CC(C)C[C@H](CC(=O)[C@H](CC(C)C)NC(=O)Cc1ccccc1)C(=O)N[C@@H](CC(C)C)C(=O)C=O.CC(C)C[C@H](CC(=O)[C@H](CC(C)C)NC(=O)OCc1ccccc1)C(=O)N[C@H](C=O)CC(C)C.CCC(C)[C@H](CC(=O)OCc1ccccc1)C(=O)N[C@@H](CCC(=O)OC(C)(C)C)C(=O)C[C@@H](C)C(=O)N[C@H](C=O)CC(C)C.S=PI. The summed E-state index contributed by atoms with van der Waals surface area (Å²) < 4.78 is 16.1. The van der Waals surface area contributed by atoms with Gasteiger partial charge in [0.15, 0.2) is 23.6 Å². The summed E-state index contributed by atoms with van der Waals surface area (Å²) in [5.41, 5.74) is 1.80. The summed E-state index contributed by atoms with van der Waals surface area (Å²) in [6.07, 6.45) is 4.38. The predicted octanol–water partition coefficient (Wildman–Crippen LogP) is 14.8. The van der Waals surface area contributed by atoms with E-state index in [2.05, 4.69) is 65.7 Å². The quantitative estimate of drug-likeness (QED) is 0.00763. The molecule has 1 unspecified atom stereocenters. The van der Waals surface area contributed by atoms with Gasteiger partial charge in [0.2, 0.25) is 35.3 Å². The molecule has 0 saturated carbocycles. The summed E-state index contributed by atoms with van der Waals surface area (Å²) in [6.45, 7) is 38.1. The molecule has 0 bridgehead atoms. The normalized spacial score (nSPS) is 14.1. The third-order valence-electron chi connectivity index (χ3n) is 18.3. The molecule has 24 nitrogen and oxygen atoms in total. The van der Waals surface area contributed by atoms with Gasteiger partial charge in [0.1, 0.15) is 31.4 Å². The van der Waals surface area contributed by atoms with Crippen molar-refractivity contribution in [1.29, 1.82) is 0 Å². The molecule has 11 atom stereocenters. The fourth-order valence-corrected chi connectivity index (χ4v) is 12.5. The van der Waals surface area contributed by atoms with Crippen LogP contribution in [-0.4, -0.2) is 131 Å². The fraction of sp³-hybridized carbons (Fsp3) is 0.629. The third kappa shape index (κ3) is 50.7. The van der Waals surface area contributed by atoms with Gasteiger partial charge < -0.3 is 55.7 Å². The van der Waals surface area contributed by atoms with Gasteiger partial charge in [-0.2, -0.15) is 0 Å². The van der Waals surface area contributed by atoms with Crippen LogP contribution >= 0.6 is 27.0 Å². The van der Waals surface area contributed by atoms with E-state index < -0.39 is 113 Å². The molecule has 648 valence electrons. The Morgan fingerprint density at radius 1 is 0.440 bits per heavy atom. The number of esters is 2. The van der Waals surface area contributed by atoms with Crippen molar-refractivity contribution in [1.82, 2.24) is 31.9 Å². The number of benzene rings is 3. The Morgan fingerprint density at radius 3 is 1.22 bits per heavy atom. The number of halogens is 1. The Labute approximate surface area is 710 Å². The Balaban J connectivity index is 0.00000170. The molecule has 0 aliphatic heterocycles. The van der Waals surface area contributed by atoms with Crippen LogP contribution in [0, 0.1) is 71.0 Å². The number of amides is 6. The van der Waals surface area contributed by atoms with Gasteiger partial charge in [-0.15, -0.1) is 0 Å². The molecule has 0 aliphatic rings. The molecule has 3 aromatic carbocycles. The Morgan fingerprint density at radius 2 is 0.819 bits per heavy atom. The Hall–Kier alpha value is -7.84. The minimum atomic E-state index is -1.09. The second-order valence-electron chi connectivity index (χ2n) is 33.9. The van der Waals surface area contributed by atoms with Gasteiger partial charge in [0.05, 0.1) is 55.0 Å². The minimum Gasteiger partial charge on any atom is -0.461 e. The molecule has 3 aromatic rings. The van der Waals surface area contributed by atoms with Crippen molar-refractivity contribution in [2.75, 3.05) is 0 Å². The first-order valence-corrected chi connectivity index (χ1v) is 45.4. The molecule has 0 aromatic heterocycles. The number of hydrogen-bond donors (Lipinski definition) is 6. The van der Waals surface area contributed by atoms with Crippen molar-refractivity contribution in [2.24, 2.45) is 71.0 Å². The highest BCUT2D eigenvalue weighted by atomic mass is 127. The number of carbonyl (C=O) groups excluding carboxylic acids is 15. The second-order valence-corrected chi connectivity index (χ2v) is 38.0. The maximum Gasteiger partial charge on any atom is 0.408 e. The largest absolute Gasteiger partial charge is 0.461 e. The van der Waals surface area contributed by atoms with Crippen LogP contribution in [0.4, 0.5) is 4.79 Å². The lowest BCUT2D eigenvalue weighted by molar-refractivity contribution is -0.155. The van der Waals surface area contributed by atoms with E-state index in [9.17, 15) is 71.9 Å². The number of rotatable bonds is 50. The number of carbonyl (C=O) groups is 15. The number of alkyl carbamates (subject to hydrolysis) is 1. The molecule has 0 spiro atoms. The standard InChI is InChI=1S/C34H52N2O8.C28H42N2O5.C27H42N2O5.IPS/c1-9-23(4)27(19-31(40)43-21-25-13-11-10-12-14-25)33(42)36-28(15-16-30(39)44-34(6,7)8)29(38)18-24(5)32(41)35-26(20-37)17-22(2)3;1-18(2)12-22(28(35)30-24(14-20(5)6)26(33)17-31)16-25(32)23(13-19(3)4)29-27(34)15-21-10-8-7-9-11-21;1-18(2)12-22(26(32)28-23(16-30)13-19(3)4)15-25(31)24(14-20(5)6)29-27(33)34-17-21-10-8-7-9-11-21;1-2-3/h10-14,20,22-24,26-28H,9,15-19,21H2,1-8H3,(H,35,41)(H,36,42);7-11,17-20,22-24H,12-16H2,1-6H3,(H,29,34)(H,30,35);7-11,16,18-20,22-24H,12-15,17H2,1-6H3,(H,28,32)(H,29,33);/t23?,24-,26+,27+,28+;2*22-,23+,24+;/m111./s1. The van der Waals surface area contributed by atoms with Gasteiger partial charge >= 0.3 is 18.0 Å². The van der Waals surface area contributed by atoms with E-state index >= 15 is 0 Å². The van der Waals surface area contributed by atoms with E-state index in [1.807, 2.05) is 202 Å². The van der Waals surface area contributed by atoms with Gasteiger partial charge in [0.25, 0.3) is 0 Å². The zero-order valence-corrected chi connectivity index (χ0v) is 76.3. The molecule has 116 heavy (non-hydrogen) atoms. The van der Waals surface area contributed by atoms with Crippen LogP contribution in [0.1, 0.15) is 245 Å². The van der Waals surface area contributed by atoms with Gasteiger partial charge in [-0.3, -0.25) is 57.5 Å². The highest BCUT2D eigenvalue weighted by Crippen LogP contribution is 2.26. The Bertz CT molecular complexity index is 3500. The molecule has 0 saturated heterocycles. The molecule has 27 heteroatoms. The molecule has 6 amide bonds. The van der Waals surface area contributed by atoms with Crippen LogP contribution in [-0.2, 0) is 113 Å². The summed E-state index contributed by atoms with van der Waals surface area (Å²) in [7, 11) is 0. The summed E-state index contributed by atoms with van der Waals surface area (Å²) in [5.74, 6) is -6.29. The number of aldehydes is 3. The monoisotopic (exact) mass is 1770 g/mol. The van der Waals surface area contributed by atoms with E-state index in [4.69, 9.17) is 14.2 Å². The van der Waals surface area contributed by atoms with Crippen LogP contribution in [0.15, 0.2) is 91.0 Å². The smallest absolute Gasteiger partial charge is 0.408 e. The summed E-state index contributed by atoms with van der Waals surface area (Å²) in [5, 5.41) is 16.5. The Kier molecular flexibility index (Phi) is 55.7. The third-order valence-corrected chi connectivity index (χ3v) is 18.3. The first-order valence-electron chi connectivity index (χ1n) is 40.8. The van der Waals surface area contributed by atoms with Crippen molar-refractivity contribution in [3.63, 3.8) is 0 Å². The second kappa shape index (κ2) is 59.8. The van der Waals surface area contributed by atoms with Gasteiger partial charge in [0, 0.05) is 48.4 Å². The number of Topliss-reactive ketones (excluding diaryl/α,β-unsaturated/α-hetero) is 4. The summed E-state index contributed by atoms with van der Waals surface area (Å²) in [4.78, 5) is 190. The number of nitrogens with one attached hydrogen (secondary N) is 6. The highest BCUT2D eigenvalue weighted by Gasteiger charge is 2.36. The molecule has 6 N–H and O–H groups in total. The lowest BCUT2D eigenvalue weighted by Crippen LogP contribution is -2.47. The molecule has 0 heterocycles. The van der Waals surface area contributed by atoms with E-state index in [-0.39, 0.29) is 135 Å². The van der Waals surface area contributed by atoms with Crippen molar-refractivity contribution in [3.05, 3.63) is 108 Å².